The Hall–Kier alpha value is -2.33. The molecule has 2 atom stereocenters. The molecule has 0 saturated carbocycles. The Labute approximate surface area is 129 Å². The van der Waals surface area contributed by atoms with E-state index in [2.05, 4.69) is 5.32 Å². The zero-order valence-electron chi connectivity index (χ0n) is 12.2. The third kappa shape index (κ3) is 3.46. The van der Waals surface area contributed by atoms with E-state index < -0.39 is 6.10 Å². The van der Waals surface area contributed by atoms with Crippen molar-refractivity contribution in [3.05, 3.63) is 65.7 Å². The zero-order valence-corrected chi connectivity index (χ0v) is 12.2. The number of aliphatic hydroxyl groups is 1. The third-order valence-electron chi connectivity index (χ3n) is 3.80. The number of fused-ring (bicyclic) bond motifs is 1. The average Bonchev–Trinajstić information content (AvgIpc) is 2.96. The van der Waals surface area contributed by atoms with Crippen LogP contribution in [0.15, 0.2) is 54.6 Å². The maximum atomic E-state index is 11.9. The quantitative estimate of drug-likeness (QED) is 0.890. The van der Waals surface area contributed by atoms with Gasteiger partial charge in [-0.1, -0.05) is 48.5 Å². The van der Waals surface area contributed by atoms with Crippen LogP contribution >= 0.6 is 0 Å². The van der Waals surface area contributed by atoms with E-state index in [-0.39, 0.29) is 18.4 Å². The van der Waals surface area contributed by atoms with E-state index in [4.69, 9.17) is 4.74 Å². The van der Waals surface area contributed by atoms with Crippen molar-refractivity contribution in [2.24, 2.45) is 0 Å². The van der Waals surface area contributed by atoms with Crippen LogP contribution in [0, 0.1) is 0 Å². The molecule has 0 saturated heterocycles. The van der Waals surface area contributed by atoms with Gasteiger partial charge < -0.3 is 15.2 Å². The second-order valence-electron chi connectivity index (χ2n) is 5.49. The van der Waals surface area contributed by atoms with Crippen molar-refractivity contribution in [2.45, 2.75) is 25.0 Å². The SMILES string of the molecule is O=C(CC(O)c1ccccc1)NCC1Cc2ccccc2O1. The minimum absolute atomic E-state index is 0.0322. The normalized spacial score (nSPS) is 17.4. The number of aliphatic hydroxyl groups excluding tert-OH is 1. The molecule has 0 bridgehead atoms. The summed E-state index contributed by atoms with van der Waals surface area (Å²) < 4.78 is 5.77. The average molecular weight is 297 g/mol. The molecule has 1 heterocycles. The van der Waals surface area contributed by atoms with E-state index in [0.717, 1.165) is 17.7 Å². The number of rotatable bonds is 5. The standard InChI is InChI=1S/C18H19NO3/c20-16(13-6-2-1-3-7-13)11-18(21)19-12-15-10-14-8-4-5-9-17(14)22-15/h1-9,15-16,20H,10-12H2,(H,19,21). The van der Waals surface area contributed by atoms with Crippen molar-refractivity contribution >= 4 is 5.91 Å². The Morgan fingerprint density at radius 1 is 1.18 bits per heavy atom. The van der Waals surface area contributed by atoms with Gasteiger partial charge in [-0.05, 0) is 17.2 Å². The molecule has 1 aliphatic rings. The van der Waals surface area contributed by atoms with Gasteiger partial charge >= 0.3 is 0 Å². The Morgan fingerprint density at radius 2 is 1.91 bits per heavy atom. The van der Waals surface area contributed by atoms with Crippen molar-refractivity contribution in [1.29, 1.82) is 0 Å². The lowest BCUT2D eigenvalue weighted by atomic mass is 10.1. The van der Waals surface area contributed by atoms with Gasteiger partial charge in [0.1, 0.15) is 11.9 Å². The van der Waals surface area contributed by atoms with Crippen molar-refractivity contribution in [2.75, 3.05) is 6.54 Å². The van der Waals surface area contributed by atoms with Gasteiger partial charge in [0.25, 0.3) is 0 Å². The van der Waals surface area contributed by atoms with Crippen LogP contribution < -0.4 is 10.1 Å². The molecule has 0 aromatic heterocycles. The molecule has 0 aliphatic carbocycles. The second-order valence-corrected chi connectivity index (χ2v) is 5.49. The Kier molecular flexibility index (Phi) is 4.39. The summed E-state index contributed by atoms with van der Waals surface area (Å²) in [6.07, 6.45) is 0.0552. The number of para-hydroxylation sites is 1. The maximum Gasteiger partial charge on any atom is 0.223 e. The van der Waals surface area contributed by atoms with Crippen LogP contribution in [0.2, 0.25) is 0 Å². The largest absolute Gasteiger partial charge is 0.488 e. The number of amides is 1. The first-order chi connectivity index (χ1) is 10.7. The molecule has 3 rings (SSSR count). The van der Waals surface area contributed by atoms with E-state index in [0.29, 0.717) is 6.54 Å². The second kappa shape index (κ2) is 6.62. The van der Waals surface area contributed by atoms with Gasteiger partial charge in [0.2, 0.25) is 5.91 Å². The molecule has 2 aromatic carbocycles. The number of hydrogen-bond donors (Lipinski definition) is 2. The molecule has 2 aromatic rings. The molecule has 4 nitrogen and oxygen atoms in total. The van der Waals surface area contributed by atoms with Gasteiger partial charge in [-0.25, -0.2) is 0 Å². The Bertz CT molecular complexity index is 617. The van der Waals surface area contributed by atoms with Crippen molar-refractivity contribution in [3.8, 4) is 5.75 Å². The van der Waals surface area contributed by atoms with Crippen LogP contribution in [0.4, 0.5) is 0 Å². The highest BCUT2D eigenvalue weighted by molar-refractivity contribution is 5.76. The lowest BCUT2D eigenvalue weighted by molar-refractivity contribution is -0.123. The molecule has 1 amide bonds. The number of benzene rings is 2. The van der Waals surface area contributed by atoms with Crippen molar-refractivity contribution in [1.82, 2.24) is 5.32 Å². The van der Waals surface area contributed by atoms with E-state index in [9.17, 15) is 9.90 Å². The number of ether oxygens (including phenoxy) is 1. The van der Waals surface area contributed by atoms with Crippen LogP contribution in [0.5, 0.6) is 5.75 Å². The maximum absolute atomic E-state index is 11.9. The van der Waals surface area contributed by atoms with Crippen LogP contribution in [-0.2, 0) is 11.2 Å². The van der Waals surface area contributed by atoms with Crippen molar-refractivity contribution in [3.63, 3.8) is 0 Å². The summed E-state index contributed by atoms with van der Waals surface area (Å²) in [6, 6.07) is 17.1. The summed E-state index contributed by atoms with van der Waals surface area (Å²) >= 11 is 0. The summed E-state index contributed by atoms with van der Waals surface area (Å²) in [5.41, 5.74) is 1.92. The highest BCUT2D eigenvalue weighted by Crippen LogP contribution is 2.27. The lowest BCUT2D eigenvalue weighted by Gasteiger charge is -2.14. The summed E-state index contributed by atoms with van der Waals surface area (Å²) in [6.45, 7) is 0.453. The van der Waals surface area contributed by atoms with E-state index in [1.54, 1.807) is 0 Å². The van der Waals surface area contributed by atoms with Gasteiger partial charge in [-0.2, -0.15) is 0 Å². The molecular formula is C18H19NO3. The van der Waals surface area contributed by atoms with Crippen LogP contribution in [0.3, 0.4) is 0 Å². The van der Waals surface area contributed by atoms with Gasteiger partial charge in [-0.3, -0.25) is 4.79 Å². The minimum Gasteiger partial charge on any atom is -0.488 e. The fourth-order valence-electron chi connectivity index (χ4n) is 2.64. The summed E-state index contributed by atoms with van der Waals surface area (Å²) in [5.74, 6) is 0.724. The van der Waals surface area contributed by atoms with Crippen LogP contribution in [0.1, 0.15) is 23.7 Å². The fourth-order valence-corrected chi connectivity index (χ4v) is 2.64. The topological polar surface area (TPSA) is 58.6 Å². The first-order valence-corrected chi connectivity index (χ1v) is 7.46. The highest BCUT2D eigenvalue weighted by Gasteiger charge is 2.23. The molecule has 2 N–H and O–H groups in total. The molecule has 1 aliphatic heterocycles. The molecular weight excluding hydrogens is 278 g/mol. The van der Waals surface area contributed by atoms with Crippen molar-refractivity contribution < 1.29 is 14.6 Å². The number of hydrogen-bond acceptors (Lipinski definition) is 3. The van der Waals surface area contributed by atoms with Gasteiger partial charge in [0.15, 0.2) is 0 Å². The van der Waals surface area contributed by atoms with Crippen LogP contribution in [-0.4, -0.2) is 23.7 Å². The highest BCUT2D eigenvalue weighted by atomic mass is 16.5. The van der Waals surface area contributed by atoms with E-state index in [1.807, 2.05) is 54.6 Å². The fraction of sp³-hybridized carbons (Fsp3) is 0.278. The molecule has 0 radical (unpaired) electrons. The smallest absolute Gasteiger partial charge is 0.223 e. The molecule has 114 valence electrons. The summed E-state index contributed by atoms with van der Waals surface area (Å²) in [4.78, 5) is 11.9. The molecule has 22 heavy (non-hydrogen) atoms. The number of carbonyl (C=O) groups excluding carboxylic acids is 1. The molecule has 0 spiro atoms. The number of carbonyl (C=O) groups is 1. The number of nitrogens with one attached hydrogen (secondary N) is 1. The first-order valence-electron chi connectivity index (χ1n) is 7.46. The predicted octanol–water partition coefficient (Wildman–Crippen LogP) is 2.23. The van der Waals surface area contributed by atoms with Gasteiger partial charge in [0.05, 0.1) is 19.1 Å². The summed E-state index contributed by atoms with van der Waals surface area (Å²) in [7, 11) is 0. The lowest BCUT2D eigenvalue weighted by Crippen LogP contribution is -2.35. The molecule has 0 fully saturated rings. The molecule has 2 unspecified atom stereocenters. The minimum atomic E-state index is -0.775. The molecule has 4 heteroatoms. The Morgan fingerprint density at radius 3 is 2.68 bits per heavy atom. The predicted molar refractivity (Wildman–Crippen MR) is 83.6 cm³/mol. The Balaban J connectivity index is 1.46. The van der Waals surface area contributed by atoms with E-state index in [1.165, 1.54) is 5.56 Å². The zero-order chi connectivity index (χ0) is 15.4. The third-order valence-corrected chi connectivity index (χ3v) is 3.80. The summed E-state index contributed by atoms with van der Waals surface area (Å²) in [5, 5.41) is 12.9. The van der Waals surface area contributed by atoms with E-state index >= 15 is 0 Å². The first kappa shape index (κ1) is 14.6. The monoisotopic (exact) mass is 297 g/mol. The van der Waals surface area contributed by atoms with Crippen LogP contribution in [0.25, 0.3) is 0 Å². The van der Waals surface area contributed by atoms with Gasteiger partial charge in [0, 0.05) is 6.42 Å². The van der Waals surface area contributed by atoms with Gasteiger partial charge in [-0.15, -0.1) is 0 Å².